The summed E-state index contributed by atoms with van der Waals surface area (Å²) in [6.45, 7) is 1.71. The van der Waals surface area contributed by atoms with E-state index in [0.717, 1.165) is 25.9 Å². The van der Waals surface area contributed by atoms with Crippen LogP contribution in [0.1, 0.15) is 12.8 Å². The standard InChI is InChI=1S/C11H17N7O/c1-19-11-16-9(12)15-10(17-11)14-4-2-3-6-18-7-5-13-8-18/h5,7-8H,2-4,6H2,1H3,(H3,12,14,15,16,17). The van der Waals surface area contributed by atoms with E-state index in [9.17, 15) is 0 Å². The Morgan fingerprint density at radius 1 is 1.32 bits per heavy atom. The summed E-state index contributed by atoms with van der Waals surface area (Å²) in [5.41, 5.74) is 5.54. The zero-order valence-electron chi connectivity index (χ0n) is 10.8. The lowest BCUT2D eigenvalue weighted by Gasteiger charge is -2.06. The van der Waals surface area contributed by atoms with Crippen LogP contribution in [0.5, 0.6) is 6.01 Å². The van der Waals surface area contributed by atoms with Crippen molar-refractivity contribution < 1.29 is 4.74 Å². The molecule has 0 aliphatic carbocycles. The summed E-state index contributed by atoms with van der Waals surface area (Å²) in [6.07, 6.45) is 7.57. The third-order valence-electron chi connectivity index (χ3n) is 2.50. The molecule has 2 aromatic heterocycles. The number of nitrogens with two attached hydrogens (primary N) is 1. The number of aryl methyl sites for hydroxylation is 1. The highest BCUT2D eigenvalue weighted by Crippen LogP contribution is 2.08. The quantitative estimate of drug-likeness (QED) is 0.703. The van der Waals surface area contributed by atoms with Crippen molar-refractivity contribution in [2.45, 2.75) is 19.4 Å². The molecule has 0 saturated heterocycles. The molecule has 0 aliphatic rings. The van der Waals surface area contributed by atoms with E-state index in [1.165, 1.54) is 7.11 Å². The molecule has 19 heavy (non-hydrogen) atoms. The van der Waals surface area contributed by atoms with Gasteiger partial charge >= 0.3 is 6.01 Å². The number of hydrogen-bond donors (Lipinski definition) is 2. The molecule has 0 unspecified atom stereocenters. The summed E-state index contributed by atoms with van der Waals surface area (Å²) in [7, 11) is 1.49. The Bertz CT molecular complexity index is 500. The number of unbranched alkanes of at least 4 members (excludes halogenated alkanes) is 1. The Morgan fingerprint density at radius 3 is 2.95 bits per heavy atom. The lowest BCUT2D eigenvalue weighted by molar-refractivity contribution is 0.379. The molecule has 0 radical (unpaired) electrons. The highest BCUT2D eigenvalue weighted by Gasteiger charge is 2.03. The van der Waals surface area contributed by atoms with Crippen LogP contribution in [0, 0.1) is 0 Å². The Kier molecular flexibility index (Phi) is 4.49. The second-order valence-electron chi connectivity index (χ2n) is 3.94. The summed E-state index contributed by atoms with van der Waals surface area (Å²) in [5, 5.41) is 3.09. The van der Waals surface area contributed by atoms with Crippen molar-refractivity contribution in [2.24, 2.45) is 0 Å². The number of methoxy groups -OCH3 is 1. The molecular formula is C11H17N7O. The van der Waals surface area contributed by atoms with Crippen LogP contribution in [-0.4, -0.2) is 38.2 Å². The summed E-state index contributed by atoms with van der Waals surface area (Å²) in [4.78, 5) is 15.8. The van der Waals surface area contributed by atoms with Crippen molar-refractivity contribution in [2.75, 3.05) is 24.7 Å². The van der Waals surface area contributed by atoms with Gasteiger partial charge in [-0.25, -0.2) is 4.98 Å². The zero-order chi connectivity index (χ0) is 13.5. The SMILES string of the molecule is COc1nc(N)nc(NCCCCn2ccnc2)n1. The van der Waals surface area contributed by atoms with E-state index in [4.69, 9.17) is 10.5 Å². The lowest BCUT2D eigenvalue weighted by Crippen LogP contribution is -2.10. The lowest BCUT2D eigenvalue weighted by atomic mass is 10.3. The maximum absolute atomic E-state index is 5.54. The van der Waals surface area contributed by atoms with Crippen molar-refractivity contribution in [3.8, 4) is 6.01 Å². The molecule has 3 N–H and O–H groups in total. The van der Waals surface area contributed by atoms with Crippen molar-refractivity contribution in [1.82, 2.24) is 24.5 Å². The largest absolute Gasteiger partial charge is 0.467 e. The molecule has 2 rings (SSSR count). The van der Waals surface area contributed by atoms with Gasteiger partial charge in [0.25, 0.3) is 0 Å². The van der Waals surface area contributed by atoms with Crippen LogP contribution in [-0.2, 0) is 6.54 Å². The van der Waals surface area contributed by atoms with E-state index < -0.39 is 0 Å². The molecular weight excluding hydrogens is 246 g/mol. The molecule has 0 aliphatic heterocycles. The summed E-state index contributed by atoms with van der Waals surface area (Å²) in [5.74, 6) is 0.583. The minimum absolute atomic E-state index is 0.146. The fourth-order valence-electron chi connectivity index (χ4n) is 1.58. The van der Waals surface area contributed by atoms with Gasteiger partial charge in [0.1, 0.15) is 0 Å². The van der Waals surface area contributed by atoms with Crippen molar-refractivity contribution in [3.05, 3.63) is 18.7 Å². The van der Waals surface area contributed by atoms with Gasteiger partial charge in [0.15, 0.2) is 0 Å². The molecule has 2 aromatic rings. The van der Waals surface area contributed by atoms with E-state index in [1.54, 1.807) is 6.20 Å². The minimum atomic E-state index is 0.146. The fourth-order valence-corrected chi connectivity index (χ4v) is 1.58. The number of imidazole rings is 1. The Labute approximate surface area is 111 Å². The van der Waals surface area contributed by atoms with Crippen LogP contribution < -0.4 is 15.8 Å². The predicted octanol–water partition coefficient (Wildman–Crippen LogP) is 0.551. The van der Waals surface area contributed by atoms with Crippen molar-refractivity contribution in [1.29, 1.82) is 0 Å². The van der Waals surface area contributed by atoms with Crippen LogP contribution >= 0.6 is 0 Å². The number of ether oxygens (including phenoxy) is 1. The normalized spacial score (nSPS) is 10.4. The Hall–Kier alpha value is -2.38. The number of hydrogen-bond acceptors (Lipinski definition) is 7. The van der Waals surface area contributed by atoms with Gasteiger partial charge in [0.05, 0.1) is 13.4 Å². The van der Waals surface area contributed by atoms with Gasteiger partial charge in [-0.05, 0) is 12.8 Å². The van der Waals surface area contributed by atoms with Gasteiger partial charge in [-0.3, -0.25) is 0 Å². The number of nitrogen functional groups attached to an aromatic ring is 1. The second-order valence-corrected chi connectivity index (χ2v) is 3.94. The predicted molar refractivity (Wildman–Crippen MR) is 70.7 cm³/mol. The molecule has 0 fully saturated rings. The van der Waals surface area contributed by atoms with Gasteiger partial charge in [0.2, 0.25) is 11.9 Å². The minimum Gasteiger partial charge on any atom is -0.467 e. The molecule has 102 valence electrons. The first kappa shape index (κ1) is 13.1. The van der Waals surface area contributed by atoms with Gasteiger partial charge in [-0.2, -0.15) is 15.0 Å². The number of aromatic nitrogens is 5. The third kappa shape index (κ3) is 4.09. The number of nitrogens with one attached hydrogen (secondary N) is 1. The number of anilines is 2. The Morgan fingerprint density at radius 2 is 2.21 bits per heavy atom. The molecule has 0 spiro atoms. The van der Waals surface area contributed by atoms with E-state index in [2.05, 4.69) is 25.3 Å². The van der Waals surface area contributed by atoms with E-state index in [1.807, 2.05) is 17.1 Å². The van der Waals surface area contributed by atoms with Gasteiger partial charge < -0.3 is 20.4 Å². The number of rotatable bonds is 7. The third-order valence-corrected chi connectivity index (χ3v) is 2.50. The zero-order valence-corrected chi connectivity index (χ0v) is 10.8. The van der Waals surface area contributed by atoms with Crippen molar-refractivity contribution >= 4 is 11.9 Å². The van der Waals surface area contributed by atoms with Crippen LogP contribution in [0.2, 0.25) is 0 Å². The molecule has 0 aromatic carbocycles. The Balaban J connectivity index is 1.72. The first-order valence-corrected chi connectivity index (χ1v) is 6.03. The highest BCUT2D eigenvalue weighted by atomic mass is 16.5. The molecule has 0 saturated carbocycles. The smallest absolute Gasteiger partial charge is 0.322 e. The van der Waals surface area contributed by atoms with Crippen LogP contribution in [0.25, 0.3) is 0 Å². The molecule has 2 heterocycles. The first-order chi connectivity index (χ1) is 9.28. The summed E-state index contributed by atoms with van der Waals surface area (Å²) < 4.78 is 6.97. The average Bonchev–Trinajstić information content (AvgIpc) is 2.91. The van der Waals surface area contributed by atoms with Crippen LogP contribution in [0.4, 0.5) is 11.9 Å². The molecule has 0 bridgehead atoms. The van der Waals surface area contributed by atoms with E-state index in [0.29, 0.717) is 5.95 Å². The monoisotopic (exact) mass is 263 g/mol. The maximum Gasteiger partial charge on any atom is 0.322 e. The number of nitrogens with zero attached hydrogens (tertiary/aromatic N) is 5. The van der Waals surface area contributed by atoms with E-state index >= 15 is 0 Å². The molecule has 8 heteroatoms. The highest BCUT2D eigenvalue weighted by molar-refractivity contribution is 5.32. The maximum atomic E-state index is 5.54. The van der Waals surface area contributed by atoms with Gasteiger partial charge in [0, 0.05) is 25.5 Å². The topological polar surface area (TPSA) is 104 Å². The second kappa shape index (κ2) is 6.53. The molecule has 0 atom stereocenters. The van der Waals surface area contributed by atoms with E-state index in [-0.39, 0.29) is 12.0 Å². The van der Waals surface area contributed by atoms with Crippen LogP contribution in [0.15, 0.2) is 18.7 Å². The summed E-state index contributed by atoms with van der Waals surface area (Å²) in [6, 6.07) is 0.216. The fraction of sp³-hybridized carbons (Fsp3) is 0.455. The first-order valence-electron chi connectivity index (χ1n) is 6.03. The summed E-state index contributed by atoms with van der Waals surface area (Å²) >= 11 is 0. The van der Waals surface area contributed by atoms with Crippen molar-refractivity contribution in [3.63, 3.8) is 0 Å². The van der Waals surface area contributed by atoms with Gasteiger partial charge in [-0.1, -0.05) is 0 Å². The molecule has 0 amide bonds. The average molecular weight is 263 g/mol. The molecule has 8 nitrogen and oxygen atoms in total. The van der Waals surface area contributed by atoms with Crippen LogP contribution in [0.3, 0.4) is 0 Å². The van der Waals surface area contributed by atoms with Gasteiger partial charge in [-0.15, -0.1) is 0 Å².